The molecule has 0 aromatic carbocycles. The molecule has 88 heavy (non-hydrogen) atoms. The quantitative estimate of drug-likeness (QED) is 0.210. The standard InChI is InChI=1S/C44H6N2O4.C36H6N2/c1-2-3-4-5-6-7-8-9-10-11-12-13-14-15-16-17-18-19-20-21-22-23-24-25-26-27-28-29-30-31-32-33-34-35-40(45-41(47)36-37-42(45)48)46-43(49)38-39-44(46)50;1-2-3-4-5-6-7-8-9-10-11-12-13-14-15-16-17-18-19-20-21-22-23-24-25-26-27-28-29-30-31-32-33-34-35-36(37)38/h36-39H,1H2;1,37-38H2. The molecule has 0 fully saturated rings. The second-order valence-electron chi connectivity index (χ2n) is 12.1. The van der Waals surface area contributed by atoms with E-state index >= 15 is 0 Å². The van der Waals surface area contributed by atoms with Gasteiger partial charge in [-0.1, -0.05) is 11.5 Å². The van der Waals surface area contributed by atoms with Crippen LogP contribution in [0.3, 0.4) is 0 Å². The Morgan fingerprint density at radius 1 is 0.216 bits per heavy atom. The molecule has 0 aromatic rings. The van der Waals surface area contributed by atoms with Gasteiger partial charge in [-0.25, -0.2) is 9.80 Å². The van der Waals surface area contributed by atoms with E-state index in [9.17, 15) is 19.2 Å². The van der Waals surface area contributed by atoms with Crippen molar-refractivity contribution >= 4 is 23.6 Å². The summed E-state index contributed by atoms with van der Waals surface area (Å²) < 4.78 is 0. The monoisotopic (exact) mass is 1090 g/mol. The van der Waals surface area contributed by atoms with Gasteiger partial charge in [-0.3, -0.25) is 19.2 Å². The summed E-state index contributed by atoms with van der Waals surface area (Å²) in [6.45, 7) is 6.61. The maximum atomic E-state index is 12.0. The lowest BCUT2D eigenvalue weighted by atomic mass is 10.4. The molecule has 0 radical (unpaired) electrons. The molecule has 2 rings (SSSR count). The zero-order valence-electron chi connectivity index (χ0n) is 44.4. The van der Waals surface area contributed by atoms with Crippen LogP contribution in [-0.4, -0.2) is 33.4 Å². The number of carbonyl (C=O) groups is 4. The predicted octanol–water partition coefficient (Wildman–Crippen LogP) is 9.23. The summed E-state index contributed by atoms with van der Waals surface area (Å²) in [6.07, 6.45) is 3.96. The third-order valence-electron chi connectivity index (χ3n) is 6.48. The van der Waals surface area contributed by atoms with Gasteiger partial charge in [0, 0.05) is 208 Å². The van der Waals surface area contributed by atoms with Crippen LogP contribution in [0.2, 0.25) is 0 Å². The molecule has 2 heterocycles. The third kappa shape index (κ3) is 41.2. The van der Waals surface area contributed by atoms with Gasteiger partial charge in [-0.05, 0) is 208 Å². The number of hydrogen-bond acceptors (Lipinski definition) is 6. The molecular weight excluding hydrogens is 1080 g/mol. The molecule has 0 unspecified atom stereocenters. The number of carbonyl (C=O) groups excluding carboxylic acids is 4. The molecule has 0 aromatic heterocycles. The molecular formula is C80H12N4O4. The first-order valence-corrected chi connectivity index (χ1v) is 22.3. The van der Waals surface area contributed by atoms with Crippen LogP contribution in [0.4, 0.5) is 0 Å². The number of imide groups is 2. The highest BCUT2D eigenvalue weighted by Gasteiger charge is 2.37. The summed E-state index contributed by atoms with van der Waals surface area (Å²) >= 11 is 0. The van der Waals surface area contributed by atoms with Gasteiger partial charge in [-0.2, -0.15) is 0 Å². The van der Waals surface area contributed by atoms with Crippen molar-refractivity contribution in [3.63, 3.8) is 0 Å². The normalized spacial score (nSPS) is 6.86. The zero-order valence-corrected chi connectivity index (χ0v) is 44.4. The highest BCUT2D eigenvalue weighted by Crippen LogP contribution is 2.19. The molecule has 4 amide bonds. The van der Waals surface area contributed by atoms with Gasteiger partial charge >= 0.3 is 0 Å². The summed E-state index contributed by atoms with van der Waals surface area (Å²) in [5.74, 6) is -3.46. The molecule has 2 aliphatic heterocycles. The van der Waals surface area contributed by atoms with E-state index in [1.54, 1.807) is 0 Å². The van der Waals surface area contributed by atoms with E-state index in [0.717, 1.165) is 24.3 Å². The number of nitrogens with zero attached hydrogens (tertiary/aromatic N) is 2. The summed E-state index contributed by atoms with van der Waals surface area (Å²) in [6, 6.07) is 0. The minimum atomic E-state index is -0.755. The molecule has 0 bridgehead atoms. The molecule has 0 aliphatic carbocycles. The van der Waals surface area contributed by atoms with E-state index in [1.165, 1.54) is 0 Å². The topological polar surface area (TPSA) is 127 Å². The van der Waals surface area contributed by atoms with Gasteiger partial charge in [0.25, 0.3) is 23.6 Å². The fourth-order valence-electron chi connectivity index (χ4n) is 3.58. The lowest BCUT2D eigenvalue weighted by Gasteiger charge is -2.22. The van der Waals surface area contributed by atoms with E-state index in [2.05, 4.69) is 403 Å². The van der Waals surface area contributed by atoms with Crippen LogP contribution < -0.4 is 11.5 Å². The predicted molar refractivity (Wildman–Crippen MR) is 308 cm³/mol. The van der Waals surface area contributed by atoms with E-state index in [-0.39, 0.29) is 5.82 Å². The van der Waals surface area contributed by atoms with Crippen molar-refractivity contribution in [3.05, 3.63) is 439 Å². The van der Waals surface area contributed by atoms with Crippen LogP contribution in [0.25, 0.3) is 0 Å². The van der Waals surface area contributed by atoms with Crippen molar-refractivity contribution < 1.29 is 19.2 Å². The minimum absolute atomic E-state index is 0.0150. The molecule has 376 valence electrons. The molecule has 0 saturated carbocycles. The molecule has 2 aliphatic rings. The van der Waals surface area contributed by atoms with Crippen molar-refractivity contribution in [2.75, 3.05) is 0 Å². The van der Waals surface area contributed by atoms with Gasteiger partial charge in [0.1, 0.15) is 5.82 Å². The summed E-state index contributed by atoms with van der Waals surface area (Å²) in [5, 5.41) is 0. The first-order valence-electron chi connectivity index (χ1n) is 22.3. The van der Waals surface area contributed by atoms with Crippen molar-refractivity contribution in [1.29, 1.82) is 0 Å². The van der Waals surface area contributed by atoms with E-state index < -0.39 is 29.4 Å². The Balaban J connectivity index is 0.000000916. The third-order valence-corrected chi connectivity index (χ3v) is 6.48. The number of nitrogens with two attached hydrogens (primary N) is 2. The first-order chi connectivity index (χ1) is 43.3. The Hall–Kier alpha value is -18.1. The van der Waals surface area contributed by atoms with Crippen LogP contribution in [0, 0.1) is 0 Å². The van der Waals surface area contributed by atoms with E-state index in [4.69, 9.17) is 11.5 Å². The van der Waals surface area contributed by atoms with Crippen LogP contribution in [-0.2, 0) is 19.2 Å². The van der Waals surface area contributed by atoms with E-state index in [1.807, 2.05) is 0 Å². The molecule has 0 atom stereocenters. The number of rotatable bonds is 2. The highest BCUT2D eigenvalue weighted by atomic mass is 16.2. The Morgan fingerprint density at radius 2 is 0.341 bits per heavy atom. The first kappa shape index (κ1) is 67.9. The van der Waals surface area contributed by atoms with Gasteiger partial charge in [0.05, 0.1) is 0 Å². The Kier molecular flexibility index (Phi) is 40.4. The maximum absolute atomic E-state index is 12.0. The minimum Gasteiger partial charge on any atom is -0.379 e. The Labute approximate surface area is 500 Å². The molecule has 4 N–H and O–H groups in total. The smallest absolute Gasteiger partial charge is 0.259 e. The molecule has 8 nitrogen and oxygen atoms in total. The summed E-state index contributed by atoms with van der Waals surface area (Å²) in [4.78, 5) is 49.2. The van der Waals surface area contributed by atoms with Crippen molar-refractivity contribution in [1.82, 2.24) is 9.80 Å². The van der Waals surface area contributed by atoms with Crippen LogP contribution in [0.15, 0.2) is 439 Å². The molecule has 8 heteroatoms. The number of amides is 4. The largest absolute Gasteiger partial charge is 0.379 e. The highest BCUT2D eigenvalue weighted by molar-refractivity contribution is 6.18. The van der Waals surface area contributed by atoms with E-state index in [0.29, 0.717) is 9.80 Å². The van der Waals surface area contributed by atoms with Crippen LogP contribution in [0.5, 0.6) is 0 Å². The Morgan fingerprint density at radius 3 is 0.477 bits per heavy atom. The SMILES string of the molecule is C=C=C=C=C=C=C=C=C=C=C=C=C=C=C=C=C=C=C=C=C=C=C=C=C=C=C=C=C=C=C=C=C=C=C=C(N)N.C=C=C=C=C=C=C=C=C=C=C=C=C=C=C=C=C=C=C=C=C=C=C=C=C=C=C=C=C=C=C=C=C=C=C=C(N1C(=O)C=CC1=O)N1C(=O)C=CC1=O. The molecule has 0 saturated heterocycles. The fraction of sp³-hybridized carbons (Fsp3) is 0. The summed E-state index contributed by atoms with van der Waals surface area (Å²) in [5.41, 5.74) is 178. The van der Waals surface area contributed by atoms with Gasteiger partial charge < -0.3 is 11.5 Å². The molecule has 0 spiro atoms. The van der Waals surface area contributed by atoms with Gasteiger partial charge in [-0.15, -0.1) is 0 Å². The zero-order chi connectivity index (χ0) is 63.5. The van der Waals surface area contributed by atoms with Gasteiger partial charge in [0.2, 0.25) is 0 Å². The van der Waals surface area contributed by atoms with Crippen molar-refractivity contribution in [3.8, 4) is 0 Å². The lowest BCUT2D eigenvalue weighted by molar-refractivity contribution is -0.140. The lowest BCUT2D eigenvalue weighted by Crippen LogP contribution is -2.41. The van der Waals surface area contributed by atoms with Gasteiger partial charge in [0.15, 0.2) is 5.82 Å². The average molecular weight is 1090 g/mol. The number of hydrogen-bond donors (Lipinski definition) is 2. The second kappa shape index (κ2) is 52.3. The van der Waals surface area contributed by atoms with Crippen LogP contribution in [0.1, 0.15) is 0 Å². The fourth-order valence-corrected chi connectivity index (χ4v) is 3.58. The van der Waals surface area contributed by atoms with Crippen LogP contribution >= 0.6 is 0 Å². The summed E-state index contributed by atoms with van der Waals surface area (Å²) in [7, 11) is 0. The van der Waals surface area contributed by atoms with Crippen molar-refractivity contribution in [2.24, 2.45) is 11.5 Å². The average Bonchev–Trinajstić information content (AvgIpc) is 3.30. The second-order valence-corrected chi connectivity index (χ2v) is 12.1. The maximum Gasteiger partial charge on any atom is 0.259 e. The Bertz CT molecular complexity index is 6140. The van der Waals surface area contributed by atoms with Crippen molar-refractivity contribution in [2.45, 2.75) is 0 Å².